The molecule has 0 aliphatic heterocycles. The molecule has 0 saturated heterocycles. The summed E-state index contributed by atoms with van der Waals surface area (Å²) < 4.78 is 5.23. The van der Waals surface area contributed by atoms with Crippen molar-refractivity contribution in [3.05, 3.63) is 30.0 Å². The van der Waals surface area contributed by atoms with Crippen LogP contribution < -0.4 is 10.5 Å². The third-order valence-electron chi connectivity index (χ3n) is 3.86. The van der Waals surface area contributed by atoms with E-state index >= 15 is 0 Å². The van der Waals surface area contributed by atoms with E-state index in [4.69, 9.17) is 10.5 Å². The van der Waals surface area contributed by atoms with Gasteiger partial charge in [-0.3, -0.25) is 0 Å². The van der Waals surface area contributed by atoms with E-state index < -0.39 is 0 Å². The minimum absolute atomic E-state index is 0.147. The maximum Gasteiger partial charge on any atom is 0.120 e. The molecule has 0 bridgehead atoms. The number of hydrogen-bond acceptors (Lipinski definition) is 2. The lowest BCUT2D eigenvalue weighted by Gasteiger charge is -2.21. The Hall–Kier alpha value is -1.48. The first kappa shape index (κ1) is 10.7. The molecule has 1 aliphatic rings. The lowest BCUT2D eigenvalue weighted by atomic mass is 9.95. The van der Waals surface area contributed by atoms with Crippen LogP contribution in [0.1, 0.15) is 31.4 Å². The van der Waals surface area contributed by atoms with Gasteiger partial charge < -0.3 is 15.5 Å². The van der Waals surface area contributed by atoms with Crippen molar-refractivity contribution in [2.75, 3.05) is 7.11 Å². The van der Waals surface area contributed by atoms with Crippen molar-refractivity contribution in [2.45, 2.75) is 31.2 Å². The summed E-state index contributed by atoms with van der Waals surface area (Å²) in [5.74, 6) is 0.878. The van der Waals surface area contributed by atoms with Crippen LogP contribution in [-0.4, -0.2) is 12.1 Å². The Bertz CT molecular complexity index is 538. The topological polar surface area (TPSA) is 51.0 Å². The summed E-state index contributed by atoms with van der Waals surface area (Å²) in [7, 11) is 1.69. The average molecular weight is 230 g/mol. The number of aromatic amines is 1. The normalized spacial score (nSPS) is 18.7. The van der Waals surface area contributed by atoms with E-state index in [9.17, 15) is 0 Å². The second kappa shape index (κ2) is 3.77. The maximum absolute atomic E-state index is 6.45. The van der Waals surface area contributed by atoms with Gasteiger partial charge in [-0.15, -0.1) is 0 Å². The van der Waals surface area contributed by atoms with Crippen LogP contribution in [0.25, 0.3) is 10.9 Å². The van der Waals surface area contributed by atoms with Crippen LogP contribution in [0.3, 0.4) is 0 Å². The van der Waals surface area contributed by atoms with E-state index in [0.29, 0.717) is 0 Å². The van der Waals surface area contributed by atoms with Gasteiger partial charge in [-0.05, 0) is 36.4 Å². The highest BCUT2D eigenvalue weighted by molar-refractivity contribution is 5.82. The molecule has 0 amide bonds. The summed E-state index contributed by atoms with van der Waals surface area (Å²) in [6, 6.07) is 8.27. The number of fused-ring (bicyclic) bond motifs is 1. The molecule has 3 heteroatoms. The van der Waals surface area contributed by atoms with Gasteiger partial charge in [0.25, 0.3) is 0 Å². The van der Waals surface area contributed by atoms with Crippen molar-refractivity contribution in [1.82, 2.24) is 4.98 Å². The Kier molecular flexibility index (Phi) is 2.37. The van der Waals surface area contributed by atoms with Gasteiger partial charge in [-0.25, -0.2) is 0 Å². The second-order valence-electron chi connectivity index (χ2n) is 5.00. The average Bonchev–Trinajstić information content (AvgIpc) is 2.94. The summed E-state index contributed by atoms with van der Waals surface area (Å²) >= 11 is 0. The fourth-order valence-electron chi connectivity index (χ4n) is 2.78. The van der Waals surface area contributed by atoms with Crippen LogP contribution in [0.2, 0.25) is 0 Å². The van der Waals surface area contributed by atoms with E-state index in [-0.39, 0.29) is 5.54 Å². The predicted molar refractivity (Wildman–Crippen MR) is 69.2 cm³/mol. The van der Waals surface area contributed by atoms with Crippen molar-refractivity contribution in [3.8, 4) is 5.75 Å². The van der Waals surface area contributed by atoms with Gasteiger partial charge in [0.1, 0.15) is 5.75 Å². The zero-order chi connectivity index (χ0) is 11.9. The van der Waals surface area contributed by atoms with E-state index in [1.807, 2.05) is 12.1 Å². The molecular formula is C14H18N2O. The number of ether oxygens (including phenoxy) is 1. The van der Waals surface area contributed by atoms with E-state index in [1.165, 1.54) is 23.9 Å². The number of H-pyrrole nitrogens is 1. The molecule has 17 heavy (non-hydrogen) atoms. The largest absolute Gasteiger partial charge is 0.497 e. The molecule has 1 heterocycles. The summed E-state index contributed by atoms with van der Waals surface area (Å²) in [4.78, 5) is 3.45. The van der Waals surface area contributed by atoms with E-state index in [2.05, 4.69) is 17.1 Å². The first-order valence-corrected chi connectivity index (χ1v) is 6.17. The molecule has 0 unspecified atom stereocenters. The van der Waals surface area contributed by atoms with E-state index in [1.54, 1.807) is 7.11 Å². The molecule has 0 spiro atoms. The third-order valence-corrected chi connectivity index (χ3v) is 3.86. The van der Waals surface area contributed by atoms with Crippen LogP contribution >= 0.6 is 0 Å². The van der Waals surface area contributed by atoms with Gasteiger partial charge in [-0.1, -0.05) is 12.8 Å². The number of nitrogens with two attached hydrogens (primary N) is 1. The maximum atomic E-state index is 6.45. The fourth-order valence-corrected chi connectivity index (χ4v) is 2.78. The highest BCUT2D eigenvalue weighted by atomic mass is 16.5. The Morgan fingerprint density at radius 2 is 2.00 bits per heavy atom. The lowest BCUT2D eigenvalue weighted by molar-refractivity contribution is 0.415. The van der Waals surface area contributed by atoms with Gasteiger partial charge in [0, 0.05) is 17.3 Å². The highest BCUT2D eigenvalue weighted by Gasteiger charge is 2.32. The number of aromatic nitrogens is 1. The summed E-state index contributed by atoms with van der Waals surface area (Å²) in [5.41, 5.74) is 8.58. The third kappa shape index (κ3) is 1.71. The van der Waals surface area contributed by atoms with Crippen LogP contribution in [0.15, 0.2) is 24.3 Å². The minimum Gasteiger partial charge on any atom is -0.497 e. The monoisotopic (exact) mass is 230 g/mol. The quantitative estimate of drug-likeness (QED) is 0.833. The zero-order valence-corrected chi connectivity index (χ0v) is 10.1. The van der Waals surface area contributed by atoms with Gasteiger partial charge >= 0.3 is 0 Å². The summed E-state index contributed by atoms with van der Waals surface area (Å²) in [5, 5.41) is 1.21. The summed E-state index contributed by atoms with van der Waals surface area (Å²) in [6.45, 7) is 0. The molecular weight excluding hydrogens is 212 g/mol. The molecule has 1 fully saturated rings. The highest BCUT2D eigenvalue weighted by Crippen LogP contribution is 2.37. The number of methoxy groups -OCH3 is 1. The molecule has 1 aliphatic carbocycles. The van der Waals surface area contributed by atoms with Crippen LogP contribution in [0.4, 0.5) is 0 Å². The molecule has 1 aromatic heterocycles. The van der Waals surface area contributed by atoms with Gasteiger partial charge in [0.15, 0.2) is 0 Å². The molecule has 3 N–H and O–H groups in total. The molecule has 0 radical (unpaired) electrons. The lowest BCUT2D eigenvalue weighted by Crippen LogP contribution is -2.33. The smallest absolute Gasteiger partial charge is 0.120 e. The number of nitrogens with one attached hydrogen (secondary N) is 1. The Labute approximate surface area is 101 Å². The molecule has 1 saturated carbocycles. The molecule has 2 aromatic rings. The van der Waals surface area contributed by atoms with Crippen molar-refractivity contribution >= 4 is 10.9 Å². The zero-order valence-electron chi connectivity index (χ0n) is 10.1. The van der Waals surface area contributed by atoms with Gasteiger partial charge in [0.05, 0.1) is 12.6 Å². The van der Waals surface area contributed by atoms with Crippen molar-refractivity contribution < 1.29 is 4.74 Å². The molecule has 90 valence electrons. The molecule has 3 nitrogen and oxygen atoms in total. The summed E-state index contributed by atoms with van der Waals surface area (Å²) in [6.07, 6.45) is 4.62. The van der Waals surface area contributed by atoms with Crippen molar-refractivity contribution in [3.63, 3.8) is 0 Å². The Morgan fingerprint density at radius 3 is 2.71 bits per heavy atom. The van der Waals surface area contributed by atoms with Crippen LogP contribution in [0.5, 0.6) is 5.75 Å². The number of benzene rings is 1. The van der Waals surface area contributed by atoms with Gasteiger partial charge in [0.2, 0.25) is 0 Å². The van der Waals surface area contributed by atoms with Crippen LogP contribution in [0, 0.1) is 0 Å². The first-order valence-electron chi connectivity index (χ1n) is 6.17. The molecule has 1 aromatic carbocycles. The van der Waals surface area contributed by atoms with Gasteiger partial charge in [-0.2, -0.15) is 0 Å². The number of hydrogen-bond donors (Lipinski definition) is 2. The standard InChI is InChI=1S/C14H18N2O/c1-17-11-5-4-10-8-13(16-12(10)9-11)14(15)6-2-3-7-14/h4-5,8-9,16H,2-3,6-7,15H2,1H3. The fraction of sp³-hybridized carbons (Fsp3) is 0.429. The Balaban J connectivity index is 2.07. The van der Waals surface area contributed by atoms with Crippen LogP contribution in [-0.2, 0) is 5.54 Å². The number of rotatable bonds is 2. The molecule has 3 rings (SSSR count). The molecule has 0 atom stereocenters. The SMILES string of the molecule is COc1ccc2cc(C3(N)CCCC3)[nH]c2c1. The van der Waals surface area contributed by atoms with E-state index in [0.717, 1.165) is 24.1 Å². The second-order valence-corrected chi connectivity index (χ2v) is 5.00. The van der Waals surface area contributed by atoms with Crippen molar-refractivity contribution in [1.29, 1.82) is 0 Å². The first-order chi connectivity index (χ1) is 8.21. The Morgan fingerprint density at radius 1 is 1.24 bits per heavy atom. The predicted octanol–water partition coefficient (Wildman–Crippen LogP) is 2.90. The minimum atomic E-state index is -0.147. The van der Waals surface area contributed by atoms with Crippen molar-refractivity contribution in [2.24, 2.45) is 5.73 Å².